The monoisotopic (exact) mass is 296 g/mol. The third-order valence-electron chi connectivity index (χ3n) is 3.13. The number of aromatic hydroxyl groups is 1. The fraction of sp³-hybridized carbons (Fsp3) is 0.222. The maximum atomic E-state index is 12.1. The molecule has 2 rings (SSSR count). The zero-order chi connectivity index (χ0) is 15.9. The fourth-order valence-electron chi connectivity index (χ4n) is 2.04. The molecular formula is C18H20N2O2. The van der Waals surface area contributed by atoms with Gasteiger partial charge in [-0.2, -0.15) is 5.10 Å². The van der Waals surface area contributed by atoms with Crippen LogP contribution >= 0.6 is 0 Å². The van der Waals surface area contributed by atoms with Gasteiger partial charge in [0.2, 0.25) is 0 Å². The Kier molecular flexibility index (Phi) is 5.31. The molecule has 0 radical (unpaired) electrons. The minimum atomic E-state index is -0.294. The molecule has 0 heterocycles. The predicted octanol–water partition coefficient (Wildman–Crippen LogP) is 3.57. The van der Waals surface area contributed by atoms with E-state index in [1.54, 1.807) is 12.1 Å². The summed E-state index contributed by atoms with van der Waals surface area (Å²) < 4.78 is 0. The second-order valence-corrected chi connectivity index (χ2v) is 5.51. The van der Waals surface area contributed by atoms with Crippen molar-refractivity contribution in [2.75, 3.05) is 0 Å². The van der Waals surface area contributed by atoms with Crippen LogP contribution in [-0.4, -0.2) is 16.7 Å². The zero-order valence-corrected chi connectivity index (χ0v) is 12.8. The highest BCUT2D eigenvalue weighted by Crippen LogP contribution is 2.11. The molecule has 4 heteroatoms. The van der Waals surface area contributed by atoms with Crippen LogP contribution in [0.25, 0.3) is 0 Å². The number of hydrogen-bond acceptors (Lipinski definition) is 3. The number of benzene rings is 2. The minimum absolute atomic E-state index is 0.129. The highest BCUT2D eigenvalue weighted by atomic mass is 16.3. The molecule has 2 aromatic rings. The SMILES string of the molecule is CC(C)C/C(=N\NC(=O)c1ccc(O)cc1)c1ccccc1. The topological polar surface area (TPSA) is 61.7 Å². The van der Waals surface area contributed by atoms with E-state index in [9.17, 15) is 9.90 Å². The van der Waals surface area contributed by atoms with Gasteiger partial charge in [-0.15, -0.1) is 0 Å². The Balaban J connectivity index is 2.15. The summed E-state index contributed by atoms with van der Waals surface area (Å²) in [5, 5.41) is 13.5. The molecule has 114 valence electrons. The third kappa shape index (κ3) is 4.45. The van der Waals surface area contributed by atoms with Crippen LogP contribution in [0.5, 0.6) is 5.75 Å². The molecule has 0 fully saturated rings. The molecule has 0 saturated heterocycles. The maximum Gasteiger partial charge on any atom is 0.271 e. The Bertz CT molecular complexity index is 647. The first kappa shape index (κ1) is 15.8. The molecule has 2 N–H and O–H groups in total. The van der Waals surface area contributed by atoms with Gasteiger partial charge in [0.05, 0.1) is 5.71 Å². The summed E-state index contributed by atoms with van der Waals surface area (Å²) in [6, 6.07) is 15.9. The molecule has 0 aromatic heterocycles. The van der Waals surface area contributed by atoms with E-state index in [1.165, 1.54) is 12.1 Å². The number of carbonyl (C=O) groups excluding carboxylic acids is 1. The van der Waals surface area contributed by atoms with Crippen molar-refractivity contribution < 1.29 is 9.90 Å². The molecule has 0 aliphatic carbocycles. The van der Waals surface area contributed by atoms with Gasteiger partial charge in [0, 0.05) is 5.56 Å². The standard InChI is InChI=1S/C18H20N2O2/c1-13(2)12-17(14-6-4-3-5-7-14)19-20-18(22)15-8-10-16(21)11-9-15/h3-11,13,21H,12H2,1-2H3,(H,20,22)/b19-17+. The van der Waals surface area contributed by atoms with E-state index in [0.717, 1.165) is 17.7 Å². The lowest BCUT2D eigenvalue weighted by Gasteiger charge is -2.10. The van der Waals surface area contributed by atoms with E-state index in [-0.39, 0.29) is 11.7 Å². The molecule has 2 aromatic carbocycles. The van der Waals surface area contributed by atoms with Crippen LogP contribution in [0.2, 0.25) is 0 Å². The molecule has 1 amide bonds. The predicted molar refractivity (Wildman–Crippen MR) is 88.0 cm³/mol. The number of hydrogen-bond donors (Lipinski definition) is 2. The van der Waals surface area contributed by atoms with E-state index in [1.807, 2.05) is 30.3 Å². The molecule has 0 unspecified atom stereocenters. The number of phenolic OH excluding ortho intramolecular Hbond substituents is 1. The van der Waals surface area contributed by atoms with Gasteiger partial charge in [0.1, 0.15) is 5.75 Å². The number of amides is 1. The zero-order valence-electron chi connectivity index (χ0n) is 12.8. The first-order valence-corrected chi connectivity index (χ1v) is 7.27. The van der Waals surface area contributed by atoms with Crippen molar-refractivity contribution in [3.8, 4) is 5.75 Å². The van der Waals surface area contributed by atoms with Gasteiger partial charge in [0.15, 0.2) is 0 Å². The second-order valence-electron chi connectivity index (χ2n) is 5.51. The van der Waals surface area contributed by atoms with Crippen molar-refractivity contribution in [3.05, 3.63) is 65.7 Å². The highest BCUT2D eigenvalue weighted by molar-refractivity contribution is 6.02. The molecule has 0 bridgehead atoms. The van der Waals surface area contributed by atoms with E-state index in [0.29, 0.717) is 11.5 Å². The number of nitrogens with one attached hydrogen (secondary N) is 1. The van der Waals surface area contributed by atoms with Crippen LogP contribution in [0, 0.1) is 5.92 Å². The first-order chi connectivity index (χ1) is 10.6. The normalized spacial score (nSPS) is 11.5. The summed E-state index contributed by atoms with van der Waals surface area (Å²) in [5.74, 6) is 0.270. The van der Waals surface area contributed by atoms with Gasteiger partial charge >= 0.3 is 0 Å². The van der Waals surface area contributed by atoms with Gasteiger partial charge in [-0.1, -0.05) is 44.2 Å². The van der Waals surface area contributed by atoms with Crippen molar-refractivity contribution in [2.24, 2.45) is 11.0 Å². The Morgan fingerprint density at radius 3 is 2.27 bits per heavy atom. The van der Waals surface area contributed by atoms with Crippen LogP contribution in [0.15, 0.2) is 59.7 Å². The van der Waals surface area contributed by atoms with Gasteiger partial charge < -0.3 is 5.11 Å². The van der Waals surface area contributed by atoms with Crippen LogP contribution in [-0.2, 0) is 0 Å². The van der Waals surface area contributed by atoms with E-state index in [4.69, 9.17) is 0 Å². The molecule has 22 heavy (non-hydrogen) atoms. The molecular weight excluding hydrogens is 276 g/mol. The van der Waals surface area contributed by atoms with Crippen molar-refractivity contribution in [3.63, 3.8) is 0 Å². The highest BCUT2D eigenvalue weighted by Gasteiger charge is 2.09. The van der Waals surface area contributed by atoms with Crippen molar-refractivity contribution in [2.45, 2.75) is 20.3 Å². The maximum absolute atomic E-state index is 12.1. The average molecular weight is 296 g/mol. The summed E-state index contributed by atoms with van der Waals surface area (Å²) in [6.07, 6.45) is 0.778. The quantitative estimate of drug-likeness (QED) is 0.654. The van der Waals surface area contributed by atoms with E-state index < -0.39 is 0 Å². The summed E-state index contributed by atoms with van der Waals surface area (Å²) in [5.41, 5.74) is 4.90. The number of hydrazone groups is 1. The summed E-state index contributed by atoms with van der Waals surface area (Å²) in [7, 11) is 0. The molecule has 0 saturated carbocycles. The Hall–Kier alpha value is -2.62. The van der Waals surface area contributed by atoms with Crippen LogP contribution in [0.3, 0.4) is 0 Å². The van der Waals surface area contributed by atoms with Crippen LogP contribution in [0.1, 0.15) is 36.2 Å². The summed E-state index contributed by atoms with van der Waals surface area (Å²) >= 11 is 0. The molecule has 0 aliphatic rings. The Morgan fingerprint density at radius 1 is 1.05 bits per heavy atom. The van der Waals surface area contributed by atoms with Crippen molar-refractivity contribution >= 4 is 11.6 Å². The number of rotatable bonds is 5. The fourth-order valence-corrected chi connectivity index (χ4v) is 2.04. The lowest BCUT2D eigenvalue weighted by atomic mass is 10.0. The molecule has 0 aliphatic heterocycles. The molecule has 0 atom stereocenters. The lowest BCUT2D eigenvalue weighted by molar-refractivity contribution is 0.0954. The lowest BCUT2D eigenvalue weighted by Crippen LogP contribution is -2.20. The minimum Gasteiger partial charge on any atom is -0.508 e. The van der Waals surface area contributed by atoms with Gasteiger partial charge in [-0.05, 0) is 42.2 Å². The van der Waals surface area contributed by atoms with Crippen LogP contribution in [0.4, 0.5) is 0 Å². The Morgan fingerprint density at radius 2 is 1.68 bits per heavy atom. The summed E-state index contributed by atoms with van der Waals surface area (Å²) in [6.45, 7) is 4.22. The van der Waals surface area contributed by atoms with E-state index >= 15 is 0 Å². The Labute approximate surface area is 130 Å². The van der Waals surface area contributed by atoms with Crippen molar-refractivity contribution in [1.29, 1.82) is 0 Å². The largest absolute Gasteiger partial charge is 0.508 e. The van der Waals surface area contributed by atoms with Crippen molar-refractivity contribution in [1.82, 2.24) is 5.43 Å². The van der Waals surface area contributed by atoms with Gasteiger partial charge in [0.25, 0.3) is 5.91 Å². The smallest absolute Gasteiger partial charge is 0.271 e. The van der Waals surface area contributed by atoms with Crippen LogP contribution < -0.4 is 5.43 Å². The number of phenols is 1. The third-order valence-corrected chi connectivity index (χ3v) is 3.13. The van der Waals surface area contributed by atoms with Gasteiger partial charge in [-0.25, -0.2) is 5.43 Å². The second kappa shape index (κ2) is 7.41. The molecule has 0 spiro atoms. The van der Waals surface area contributed by atoms with Gasteiger partial charge in [-0.3, -0.25) is 4.79 Å². The van der Waals surface area contributed by atoms with E-state index in [2.05, 4.69) is 24.4 Å². The summed E-state index contributed by atoms with van der Waals surface area (Å²) in [4.78, 5) is 12.1. The number of carbonyl (C=O) groups is 1. The molecule has 4 nitrogen and oxygen atoms in total. The number of nitrogens with zero attached hydrogens (tertiary/aromatic N) is 1. The average Bonchev–Trinajstić information content (AvgIpc) is 2.52. The first-order valence-electron chi connectivity index (χ1n) is 7.27.